The van der Waals surface area contributed by atoms with E-state index in [1.165, 1.54) is 6.07 Å². The normalized spacial score (nSPS) is 20.6. The Kier molecular flexibility index (Phi) is 11.5. The van der Waals surface area contributed by atoms with Crippen LogP contribution in [0.15, 0.2) is 42.5 Å². The number of alkyl halides is 5. The van der Waals surface area contributed by atoms with Crippen LogP contribution < -0.4 is 4.74 Å². The molecule has 0 radical (unpaired) electrons. The van der Waals surface area contributed by atoms with Crippen molar-refractivity contribution in [2.75, 3.05) is 20.2 Å². The van der Waals surface area contributed by atoms with Crippen molar-refractivity contribution in [3.63, 3.8) is 0 Å². The summed E-state index contributed by atoms with van der Waals surface area (Å²) in [4.78, 5) is 20.1. The first-order valence-corrected chi connectivity index (χ1v) is 19.3. The Morgan fingerprint density at radius 2 is 1.60 bits per heavy atom. The number of carbonyl (C=O) groups is 1. The fourth-order valence-electron chi connectivity index (χ4n) is 8.47. The summed E-state index contributed by atoms with van der Waals surface area (Å²) in [7, 11) is 1.60. The van der Waals surface area contributed by atoms with Gasteiger partial charge in [0.15, 0.2) is 0 Å². The number of methoxy groups -OCH3 is 1. The molecule has 1 aliphatic heterocycles. The Labute approximate surface area is 320 Å². The number of phenolic OH excluding ortho intramolecular Hbond substituents is 1. The van der Waals surface area contributed by atoms with Crippen LogP contribution in [0.1, 0.15) is 142 Å². The van der Waals surface area contributed by atoms with Crippen LogP contribution in [0.4, 0.5) is 26.7 Å². The first-order chi connectivity index (χ1) is 25.7. The van der Waals surface area contributed by atoms with Crippen molar-refractivity contribution in [1.82, 2.24) is 9.88 Å². The minimum absolute atomic E-state index is 0.0582. The monoisotopic (exact) mass is 772 g/mol. The lowest BCUT2D eigenvalue weighted by Crippen LogP contribution is -2.41. The number of hydrogen-bond donors (Lipinski definition) is 1. The summed E-state index contributed by atoms with van der Waals surface area (Å²) in [5, 5.41) is 11.1. The highest BCUT2D eigenvalue weighted by atomic mass is 19.4. The zero-order valence-electron chi connectivity index (χ0n) is 32.6. The number of pyridine rings is 1. The number of fused-ring (bicyclic) bond motifs is 1. The molecule has 2 heterocycles. The van der Waals surface area contributed by atoms with Crippen LogP contribution >= 0.6 is 0 Å². The predicted octanol–water partition coefficient (Wildman–Crippen LogP) is 11.0. The molecule has 2 fully saturated rings. The van der Waals surface area contributed by atoms with Crippen LogP contribution in [0.25, 0.3) is 0 Å². The molecule has 0 bridgehead atoms. The Bertz CT molecular complexity index is 1840. The molecule has 3 aliphatic rings. The van der Waals surface area contributed by atoms with Gasteiger partial charge in [0, 0.05) is 55.2 Å². The zero-order valence-corrected chi connectivity index (χ0v) is 32.6. The third-order valence-electron chi connectivity index (χ3n) is 11.2. The van der Waals surface area contributed by atoms with Crippen LogP contribution in [-0.2, 0) is 35.1 Å². The quantitative estimate of drug-likeness (QED) is 0.230. The second kappa shape index (κ2) is 15.5. The van der Waals surface area contributed by atoms with E-state index in [2.05, 4.69) is 13.8 Å². The number of rotatable bonds is 8. The van der Waals surface area contributed by atoms with E-state index in [0.717, 1.165) is 45.8 Å². The Morgan fingerprint density at radius 3 is 2.18 bits per heavy atom. The van der Waals surface area contributed by atoms with Gasteiger partial charge in [0.05, 0.1) is 25.4 Å². The van der Waals surface area contributed by atoms with Crippen LogP contribution in [0.2, 0.25) is 0 Å². The first kappa shape index (κ1) is 40.7. The number of hydrogen-bond acceptors (Lipinski definition) is 6. The van der Waals surface area contributed by atoms with Crippen LogP contribution in [0.3, 0.4) is 0 Å². The second-order valence-electron chi connectivity index (χ2n) is 17.3. The number of benzene rings is 2. The first-order valence-electron chi connectivity index (χ1n) is 19.3. The molecule has 1 amide bonds. The smallest absolute Gasteiger partial charge is 0.416 e. The number of aromatic nitrogens is 1. The molecule has 3 aromatic rings. The average Bonchev–Trinajstić information content (AvgIpc) is 3.10. The third kappa shape index (κ3) is 9.73. The number of phenols is 1. The molecule has 1 aromatic heterocycles. The van der Waals surface area contributed by atoms with E-state index in [-0.39, 0.29) is 61.5 Å². The van der Waals surface area contributed by atoms with E-state index in [9.17, 15) is 31.9 Å². The molecule has 1 atom stereocenters. The second-order valence-corrected chi connectivity index (χ2v) is 17.3. The Morgan fingerprint density at radius 1 is 0.945 bits per heavy atom. The molecule has 12 heteroatoms. The lowest BCUT2D eigenvalue weighted by Gasteiger charge is -2.42. The van der Waals surface area contributed by atoms with Crippen molar-refractivity contribution >= 4 is 6.09 Å². The minimum Gasteiger partial charge on any atom is -0.508 e. The van der Waals surface area contributed by atoms with E-state index >= 15 is 0 Å². The maximum Gasteiger partial charge on any atom is 0.416 e. The largest absolute Gasteiger partial charge is 0.508 e. The van der Waals surface area contributed by atoms with Gasteiger partial charge in [-0.1, -0.05) is 32.0 Å². The van der Waals surface area contributed by atoms with Crippen molar-refractivity contribution in [1.29, 1.82) is 0 Å². The number of nitrogens with zero attached hydrogens (tertiary/aromatic N) is 2. The van der Waals surface area contributed by atoms with Gasteiger partial charge in [-0.2, -0.15) is 13.2 Å². The van der Waals surface area contributed by atoms with Crippen molar-refractivity contribution < 1.29 is 46.1 Å². The molecule has 300 valence electrons. The van der Waals surface area contributed by atoms with Crippen LogP contribution in [0, 0.1) is 5.41 Å². The summed E-state index contributed by atoms with van der Waals surface area (Å²) in [6, 6.07) is 10.6. The van der Waals surface area contributed by atoms with Gasteiger partial charge < -0.3 is 24.2 Å². The maximum absolute atomic E-state index is 14.8. The van der Waals surface area contributed by atoms with Gasteiger partial charge >= 0.3 is 12.3 Å². The summed E-state index contributed by atoms with van der Waals surface area (Å²) < 4.78 is 88.3. The van der Waals surface area contributed by atoms with E-state index < -0.39 is 41.2 Å². The van der Waals surface area contributed by atoms with E-state index in [0.29, 0.717) is 44.5 Å². The lowest BCUT2D eigenvalue weighted by molar-refractivity contribution is -0.137. The van der Waals surface area contributed by atoms with Crippen molar-refractivity contribution in [3.8, 4) is 11.5 Å². The number of ether oxygens (including phenoxy) is 3. The summed E-state index contributed by atoms with van der Waals surface area (Å²) >= 11 is 0. The Balaban J connectivity index is 1.48. The summed E-state index contributed by atoms with van der Waals surface area (Å²) in [5.41, 5.74) is 3.47. The molecular formula is C43H53F5N2O5. The highest BCUT2D eigenvalue weighted by Crippen LogP contribution is 2.52. The molecule has 2 aromatic carbocycles. The fourth-order valence-corrected chi connectivity index (χ4v) is 8.47. The molecule has 1 N–H and O–H groups in total. The highest BCUT2D eigenvalue weighted by Gasteiger charge is 2.43. The summed E-state index contributed by atoms with van der Waals surface area (Å²) in [5.74, 6) is -2.99. The van der Waals surface area contributed by atoms with E-state index in [1.807, 2.05) is 45.0 Å². The van der Waals surface area contributed by atoms with Crippen molar-refractivity contribution in [2.45, 2.75) is 135 Å². The maximum atomic E-state index is 14.8. The molecule has 2 aliphatic carbocycles. The lowest BCUT2D eigenvalue weighted by atomic mass is 9.68. The fraction of sp³-hybridized carbons (Fsp3) is 0.581. The standard InChI is InChI=1S/C43H53F5N2O5/c1-40(2,3)55-39(52)50-19-15-28(16-20-50)38-32(21-29-9-10-30(22-34(29)51)43(46,47)48)36(27-13-17-42(44,45)18-14-27)37-33(49-38)23-41(4,5)24-35(37)54-25-26-7-11-31(53-6)12-8-26/h7-12,22,27-28,35,51H,13-21,23-25H2,1-6H3. The van der Waals surface area contributed by atoms with Crippen molar-refractivity contribution in [3.05, 3.63) is 87.2 Å². The van der Waals surface area contributed by atoms with Crippen molar-refractivity contribution in [2.24, 2.45) is 5.41 Å². The van der Waals surface area contributed by atoms with Crippen LogP contribution in [-0.4, -0.2) is 52.8 Å². The van der Waals surface area contributed by atoms with E-state index in [4.69, 9.17) is 19.2 Å². The molecule has 6 rings (SSSR count). The highest BCUT2D eigenvalue weighted by molar-refractivity contribution is 5.68. The molecule has 7 nitrogen and oxygen atoms in total. The van der Waals surface area contributed by atoms with Gasteiger partial charge in [-0.25, -0.2) is 13.6 Å². The molecule has 1 saturated heterocycles. The predicted molar refractivity (Wildman–Crippen MR) is 199 cm³/mol. The van der Waals surface area contributed by atoms with Gasteiger partial charge in [-0.05, 0) is 117 Å². The number of halogens is 5. The SMILES string of the molecule is COc1ccc(COC2CC(C)(C)Cc3nc(C4CCN(C(=O)OC(C)(C)C)CC4)c(Cc4ccc(C(F)(F)F)cc4O)c(C4CCC(F)(F)CC4)c32)cc1. The average molecular weight is 773 g/mol. The summed E-state index contributed by atoms with van der Waals surface area (Å²) in [6.07, 6.45) is -3.17. The topological polar surface area (TPSA) is 81.1 Å². The van der Waals surface area contributed by atoms with Crippen LogP contribution in [0.5, 0.6) is 11.5 Å². The van der Waals surface area contributed by atoms with Gasteiger partial charge in [-0.15, -0.1) is 0 Å². The number of piperidine rings is 1. The molecule has 1 unspecified atom stereocenters. The number of likely N-dealkylation sites (tertiary alicyclic amines) is 1. The van der Waals surface area contributed by atoms with Gasteiger partial charge in [0.25, 0.3) is 0 Å². The summed E-state index contributed by atoms with van der Waals surface area (Å²) in [6.45, 7) is 10.9. The molecular weight excluding hydrogens is 719 g/mol. The molecule has 0 spiro atoms. The third-order valence-corrected chi connectivity index (χ3v) is 11.2. The molecule has 55 heavy (non-hydrogen) atoms. The zero-order chi connectivity index (χ0) is 39.9. The number of amides is 1. The van der Waals surface area contributed by atoms with E-state index in [1.54, 1.807) is 12.0 Å². The van der Waals surface area contributed by atoms with Gasteiger partial charge in [-0.3, -0.25) is 4.98 Å². The molecule has 1 saturated carbocycles. The van der Waals surface area contributed by atoms with Gasteiger partial charge in [0.1, 0.15) is 17.1 Å². The minimum atomic E-state index is -4.64. The number of carbonyl (C=O) groups excluding carboxylic acids is 1. The number of aromatic hydroxyl groups is 1. The Hall–Kier alpha value is -3.93. The van der Waals surface area contributed by atoms with Gasteiger partial charge in [0.2, 0.25) is 5.92 Å².